The summed E-state index contributed by atoms with van der Waals surface area (Å²) in [6.07, 6.45) is 2.55. The number of thiophene rings is 1. The van der Waals surface area contributed by atoms with Gasteiger partial charge in [0.05, 0.1) is 34.4 Å². The van der Waals surface area contributed by atoms with Crippen LogP contribution in [0, 0.1) is 0 Å². The molecule has 0 atom stereocenters. The van der Waals surface area contributed by atoms with E-state index in [4.69, 9.17) is 11.5 Å². The molecule has 0 aliphatic carbocycles. The van der Waals surface area contributed by atoms with Crippen LogP contribution in [0.15, 0.2) is 17.6 Å². The van der Waals surface area contributed by atoms with Crippen LogP contribution in [0.25, 0.3) is 10.2 Å². The van der Waals surface area contributed by atoms with Gasteiger partial charge in [-0.05, 0) is 24.3 Å². The van der Waals surface area contributed by atoms with Crippen molar-refractivity contribution in [2.45, 2.75) is 12.8 Å². The van der Waals surface area contributed by atoms with E-state index in [1.807, 2.05) is 11.4 Å². The van der Waals surface area contributed by atoms with E-state index >= 15 is 0 Å². The summed E-state index contributed by atoms with van der Waals surface area (Å²) in [5, 5.41) is 5.29. The second kappa shape index (κ2) is 6.24. The number of primary amides is 1. The number of nitrogen functional groups attached to an aromatic ring is 1. The molecular formula is C12H16N4O2S. The number of carbonyl (C=O) groups excluding carboxylic acids is 1. The molecule has 0 bridgehead atoms. The Bertz CT molecular complexity index is 570. The van der Waals surface area contributed by atoms with E-state index < -0.39 is 6.09 Å². The number of nitrogens with zero attached hydrogens (tertiary/aromatic N) is 1. The molecule has 0 aliphatic rings. The highest BCUT2D eigenvalue weighted by atomic mass is 32.1. The van der Waals surface area contributed by atoms with Crippen molar-refractivity contribution in [3.8, 4) is 0 Å². The third kappa shape index (κ3) is 3.47. The van der Waals surface area contributed by atoms with Gasteiger partial charge in [0.15, 0.2) is 0 Å². The van der Waals surface area contributed by atoms with E-state index in [1.54, 1.807) is 17.5 Å². The molecule has 2 aromatic rings. The van der Waals surface area contributed by atoms with Crippen LogP contribution in [0.4, 0.5) is 16.2 Å². The maximum Gasteiger partial charge on any atom is 0.404 e. The van der Waals surface area contributed by atoms with E-state index in [2.05, 4.69) is 15.0 Å². The average Bonchev–Trinajstić information content (AvgIpc) is 2.83. The number of aromatic nitrogens is 1. The summed E-state index contributed by atoms with van der Waals surface area (Å²) in [5.74, 6) is 0. The summed E-state index contributed by atoms with van der Waals surface area (Å²) in [5.41, 5.74) is 13.3. The lowest BCUT2D eigenvalue weighted by Crippen LogP contribution is -2.14. The van der Waals surface area contributed by atoms with Gasteiger partial charge in [0.25, 0.3) is 0 Å². The Balaban J connectivity index is 1.86. The summed E-state index contributed by atoms with van der Waals surface area (Å²) < 4.78 is 5.72. The SMILES string of the molecule is NC(=O)OCCCCNc1c(N)cnc2ccsc12. The Kier molecular flexibility index (Phi) is 4.40. The van der Waals surface area contributed by atoms with Crippen LogP contribution in [0.5, 0.6) is 0 Å². The van der Waals surface area contributed by atoms with Crippen LogP contribution in [-0.4, -0.2) is 24.2 Å². The van der Waals surface area contributed by atoms with Gasteiger partial charge in [0, 0.05) is 6.54 Å². The lowest BCUT2D eigenvalue weighted by molar-refractivity contribution is 0.155. The number of carbonyl (C=O) groups is 1. The predicted octanol–water partition coefficient (Wildman–Crippen LogP) is 2.17. The molecular weight excluding hydrogens is 264 g/mol. The number of nitrogens with two attached hydrogens (primary N) is 2. The van der Waals surface area contributed by atoms with Gasteiger partial charge in [-0.15, -0.1) is 11.3 Å². The molecule has 0 aliphatic heterocycles. The van der Waals surface area contributed by atoms with Crippen molar-refractivity contribution in [2.24, 2.45) is 5.73 Å². The number of unbranched alkanes of at least 4 members (excludes halogenated alkanes) is 1. The molecule has 2 heterocycles. The van der Waals surface area contributed by atoms with Crippen LogP contribution in [0.3, 0.4) is 0 Å². The van der Waals surface area contributed by atoms with Crippen molar-refractivity contribution in [3.05, 3.63) is 17.6 Å². The van der Waals surface area contributed by atoms with Crippen LogP contribution in [-0.2, 0) is 4.74 Å². The maximum absolute atomic E-state index is 10.4. The Morgan fingerprint density at radius 1 is 1.47 bits per heavy atom. The normalized spacial score (nSPS) is 10.5. The van der Waals surface area contributed by atoms with E-state index in [0.717, 1.165) is 35.3 Å². The predicted molar refractivity (Wildman–Crippen MR) is 77.3 cm³/mol. The largest absolute Gasteiger partial charge is 0.450 e. The van der Waals surface area contributed by atoms with Gasteiger partial charge in [0.1, 0.15) is 0 Å². The van der Waals surface area contributed by atoms with Crippen LogP contribution in [0.2, 0.25) is 0 Å². The molecule has 1 amide bonds. The van der Waals surface area contributed by atoms with Gasteiger partial charge in [-0.25, -0.2) is 4.79 Å². The molecule has 6 nitrogen and oxygen atoms in total. The molecule has 0 fully saturated rings. The molecule has 0 spiro atoms. The zero-order chi connectivity index (χ0) is 13.7. The minimum atomic E-state index is -0.730. The lowest BCUT2D eigenvalue weighted by atomic mass is 10.2. The van der Waals surface area contributed by atoms with E-state index in [1.165, 1.54) is 0 Å². The second-order valence-electron chi connectivity index (χ2n) is 4.02. The van der Waals surface area contributed by atoms with Crippen LogP contribution in [0.1, 0.15) is 12.8 Å². The molecule has 19 heavy (non-hydrogen) atoms. The summed E-state index contributed by atoms with van der Waals surface area (Å²) >= 11 is 1.61. The Hall–Kier alpha value is -2.02. The van der Waals surface area contributed by atoms with Gasteiger partial charge < -0.3 is 21.5 Å². The third-order valence-electron chi connectivity index (χ3n) is 2.62. The highest BCUT2D eigenvalue weighted by Gasteiger charge is 2.07. The quantitative estimate of drug-likeness (QED) is 0.703. The summed E-state index contributed by atoms with van der Waals surface area (Å²) in [6.45, 7) is 1.10. The number of nitrogens with one attached hydrogen (secondary N) is 1. The third-order valence-corrected chi connectivity index (χ3v) is 3.54. The zero-order valence-electron chi connectivity index (χ0n) is 10.4. The molecule has 2 rings (SSSR count). The van der Waals surface area contributed by atoms with Gasteiger partial charge in [-0.1, -0.05) is 0 Å². The van der Waals surface area contributed by atoms with Gasteiger partial charge in [-0.3, -0.25) is 4.98 Å². The molecule has 0 aromatic carbocycles. The Labute approximate surface area is 114 Å². The van der Waals surface area contributed by atoms with Crippen molar-refractivity contribution in [2.75, 3.05) is 24.2 Å². The molecule has 102 valence electrons. The average molecular weight is 280 g/mol. The van der Waals surface area contributed by atoms with Crippen LogP contribution < -0.4 is 16.8 Å². The number of rotatable bonds is 6. The highest BCUT2D eigenvalue weighted by Crippen LogP contribution is 2.31. The van der Waals surface area contributed by atoms with Crippen molar-refractivity contribution in [3.63, 3.8) is 0 Å². The summed E-state index contributed by atoms with van der Waals surface area (Å²) in [7, 11) is 0. The standard InChI is InChI=1S/C12H16N4O2S/c13-8-7-16-9-3-6-19-11(9)10(8)15-4-1-2-5-18-12(14)17/h3,6-7H,1-2,4-5,13H2,(H2,14,17)(H,15,16). The number of hydrogen-bond acceptors (Lipinski definition) is 6. The molecule has 2 aromatic heterocycles. The van der Waals surface area contributed by atoms with E-state index in [9.17, 15) is 4.79 Å². The zero-order valence-corrected chi connectivity index (χ0v) is 11.2. The first-order chi connectivity index (χ1) is 9.18. The Morgan fingerprint density at radius 3 is 3.11 bits per heavy atom. The van der Waals surface area contributed by atoms with E-state index in [-0.39, 0.29) is 0 Å². The fraction of sp³-hybridized carbons (Fsp3) is 0.333. The van der Waals surface area contributed by atoms with Crippen molar-refractivity contribution in [1.82, 2.24) is 4.98 Å². The molecule has 7 heteroatoms. The lowest BCUT2D eigenvalue weighted by Gasteiger charge is -2.10. The fourth-order valence-electron chi connectivity index (χ4n) is 1.72. The minimum Gasteiger partial charge on any atom is -0.450 e. The van der Waals surface area contributed by atoms with E-state index in [0.29, 0.717) is 12.3 Å². The van der Waals surface area contributed by atoms with Crippen molar-refractivity contribution >= 4 is 39.0 Å². The van der Waals surface area contributed by atoms with Crippen molar-refractivity contribution in [1.29, 1.82) is 0 Å². The van der Waals surface area contributed by atoms with Crippen LogP contribution >= 0.6 is 11.3 Å². The van der Waals surface area contributed by atoms with Crippen molar-refractivity contribution < 1.29 is 9.53 Å². The molecule has 5 N–H and O–H groups in total. The number of fused-ring (bicyclic) bond motifs is 1. The Morgan fingerprint density at radius 2 is 2.32 bits per heavy atom. The molecule has 0 saturated carbocycles. The topological polar surface area (TPSA) is 103 Å². The number of pyridine rings is 1. The first kappa shape index (κ1) is 13.4. The van der Waals surface area contributed by atoms with Gasteiger partial charge in [0.2, 0.25) is 0 Å². The fourth-order valence-corrected chi connectivity index (χ4v) is 2.60. The van der Waals surface area contributed by atoms with Gasteiger partial charge in [-0.2, -0.15) is 0 Å². The monoisotopic (exact) mass is 280 g/mol. The number of amides is 1. The first-order valence-electron chi connectivity index (χ1n) is 5.96. The summed E-state index contributed by atoms with van der Waals surface area (Å²) in [4.78, 5) is 14.6. The smallest absolute Gasteiger partial charge is 0.404 e. The summed E-state index contributed by atoms with van der Waals surface area (Å²) in [6, 6.07) is 1.96. The molecule has 0 radical (unpaired) electrons. The number of anilines is 2. The first-order valence-corrected chi connectivity index (χ1v) is 6.84. The minimum absolute atomic E-state index is 0.344. The maximum atomic E-state index is 10.4. The number of hydrogen-bond donors (Lipinski definition) is 3. The molecule has 0 unspecified atom stereocenters. The number of ether oxygens (including phenoxy) is 1. The highest BCUT2D eigenvalue weighted by molar-refractivity contribution is 7.17. The van der Waals surface area contributed by atoms with Gasteiger partial charge >= 0.3 is 6.09 Å². The molecule has 0 saturated heterocycles. The second-order valence-corrected chi connectivity index (χ2v) is 4.94.